The minimum atomic E-state index is 0.0302. The van der Waals surface area contributed by atoms with Crippen molar-refractivity contribution in [3.8, 4) is 0 Å². The van der Waals surface area contributed by atoms with E-state index in [2.05, 4.69) is 46.1 Å². The molecule has 6 heteroatoms. The lowest BCUT2D eigenvalue weighted by Crippen LogP contribution is -2.36. The fourth-order valence-electron chi connectivity index (χ4n) is 4.60. The number of hydrogen-bond donors (Lipinski definition) is 1. The molecule has 0 radical (unpaired) electrons. The van der Waals surface area contributed by atoms with Crippen molar-refractivity contribution in [1.82, 2.24) is 19.9 Å². The largest absolute Gasteiger partial charge is 0.349 e. The van der Waals surface area contributed by atoms with Crippen molar-refractivity contribution >= 4 is 28.8 Å². The van der Waals surface area contributed by atoms with Crippen LogP contribution in [0.4, 0.5) is 0 Å². The third-order valence-corrected chi connectivity index (χ3v) is 7.46. The van der Waals surface area contributed by atoms with Crippen LogP contribution in [0, 0.1) is 6.92 Å². The highest BCUT2D eigenvalue weighted by atomic mass is 32.2. The summed E-state index contributed by atoms with van der Waals surface area (Å²) in [5.74, 6) is 0.883. The fourth-order valence-corrected chi connectivity index (χ4v) is 5.55. The molecular weight excluding hydrogens is 440 g/mol. The van der Waals surface area contributed by atoms with Crippen LogP contribution < -0.4 is 5.32 Å². The number of aromatic nitrogens is 3. The Morgan fingerprint density at radius 3 is 2.65 bits per heavy atom. The van der Waals surface area contributed by atoms with Crippen LogP contribution >= 0.6 is 11.8 Å². The molecule has 1 fully saturated rings. The Kier molecular flexibility index (Phi) is 6.95. The standard InChI is InChI=1S/C28H30N4OS/c1-20-7-5-8-22(17-20)19-34-28-31-25-11-6-16-29-26(25)32(28)18-21-12-14-23(15-13-21)27(33)30-24-9-3-2-4-10-24/h5-8,11-17,24H,2-4,9-10,18-19H2,1H3,(H,30,33). The lowest BCUT2D eigenvalue weighted by Gasteiger charge is -2.22. The van der Waals surface area contributed by atoms with Gasteiger partial charge in [0.25, 0.3) is 5.91 Å². The van der Waals surface area contributed by atoms with E-state index in [4.69, 9.17) is 4.98 Å². The summed E-state index contributed by atoms with van der Waals surface area (Å²) in [5, 5.41) is 4.16. The maximum atomic E-state index is 12.7. The third-order valence-electron chi connectivity index (χ3n) is 6.42. The number of thioether (sulfide) groups is 1. The molecule has 0 atom stereocenters. The predicted octanol–water partition coefficient (Wildman–Crippen LogP) is 6.14. The number of aryl methyl sites for hydroxylation is 1. The van der Waals surface area contributed by atoms with E-state index in [1.807, 2.05) is 42.6 Å². The molecule has 0 aliphatic heterocycles. The first-order chi connectivity index (χ1) is 16.7. The maximum absolute atomic E-state index is 12.7. The fraction of sp³-hybridized carbons (Fsp3) is 0.321. The number of hydrogen-bond acceptors (Lipinski definition) is 4. The quantitative estimate of drug-likeness (QED) is 0.330. The molecule has 1 aliphatic carbocycles. The average Bonchev–Trinajstić information content (AvgIpc) is 3.21. The zero-order chi connectivity index (χ0) is 23.3. The van der Waals surface area contributed by atoms with Crippen LogP contribution in [0.25, 0.3) is 11.2 Å². The second-order valence-electron chi connectivity index (χ2n) is 9.11. The highest BCUT2D eigenvalue weighted by Gasteiger charge is 2.17. The first-order valence-electron chi connectivity index (χ1n) is 12.0. The molecule has 174 valence electrons. The molecule has 1 saturated carbocycles. The molecule has 0 unspecified atom stereocenters. The molecule has 2 heterocycles. The van der Waals surface area contributed by atoms with Crippen molar-refractivity contribution in [3.05, 3.63) is 89.1 Å². The number of benzene rings is 2. The Morgan fingerprint density at radius 2 is 1.85 bits per heavy atom. The maximum Gasteiger partial charge on any atom is 0.251 e. The minimum absolute atomic E-state index is 0.0302. The number of rotatable bonds is 7. The molecular formula is C28H30N4OS. The van der Waals surface area contributed by atoms with Gasteiger partial charge in [-0.3, -0.25) is 9.36 Å². The summed E-state index contributed by atoms with van der Waals surface area (Å²) in [4.78, 5) is 22.1. The molecule has 1 amide bonds. The Morgan fingerprint density at radius 1 is 1.03 bits per heavy atom. The van der Waals surface area contributed by atoms with E-state index in [-0.39, 0.29) is 5.91 Å². The van der Waals surface area contributed by atoms with Gasteiger partial charge in [0.15, 0.2) is 10.8 Å². The van der Waals surface area contributed by atoms with E-state index in [9.17, 15) is 4.79 Å². The molecule has 1 N–H and O–H groups in total. The van der Waals surface area contributed by atoms with Gasteiger partial charge in [0.2, 0.25) is 0 Å². The van der Waals surface area contributed by atoms with E-state index in [0.29, 0.717) is 12.6 Å². The third kappa shape index (κ3) is 5.33. The van der Waals surface area contributed by atoms with Crippen molar-refractivity contribution in [3.63, 3.8) is 0 Å². The molecule has 5 rings (SSSR count). The molecule has 0 bridgehead atoms. The summed E-state index contributed by atoms with van der Waals surface area (Å²) in [6.45, 7) is 2.78. The van der Waals surface area contributed by atoms with E-state index in [0.717, 1.165) is 46.0 Å². The summed E-state index contributed by atoms with van der Waals surface area (Å²) in [7, 11) is 0. The lowest BCUT2D eigenvalue weighted by molar-refractivity contribution is 0.0927. The first-order valence-corrected chi connectivity index (χ1v) is 13.0. The molecule has 2 aromatic carbocycles. The van der Waals surface area contributed by atoms with Crippen LogP contribution in [0.3, 0.4) is 0 Å². The SMILES string of the molecule is Cc1cccc(CSc2nc3cccnc3n2Cc2ccc(C(=O)NC3CCCCC3)cc2)c1. The minimum Gasteiger partial charge on any atom is -0.349 e. The Balaban J connectivity index is 1.32. The molecule has 1 aliphatic rings. The second kappa shape index (κ2) is 10.4. The van der Waals surface area contributed by atoms with Gasteiger partial charge >= 0.3 is 0 Å². The molecule has 0 saturated heterocycles. The van der Waals surface area contributed by atoms with Gasteiger partial charge in [0.1, 0.15) is 5.52 Å². The second-order valence-corrected chi connectivity index (χ2v) is 10.1. The van der Waals surface area contributed by atoms with Gasteiger partial charge in [-0.15, -0.1) is 0 Å². The van der Waals surface area contributed by atoms with Gasteiger partial charge in [-0.2, -0.15) is 0 Å². The van der Waals surface area contributed by atoms with Crippen molar-refractivity contribution in [2.75, 3.05) is 0 Å². The number of carbonyl (C=O) groups is 1. The Bertz CT molecular complexity index is 1280. The van der Waals surface area contributed by atoms with Crippen LogP contribution in [0.5, 0.6) is 0 Å². The van der Waals surface area contributed by atoms with Gasteiger partial charge in [-0.25, -0.2) is 9.97 Å². The highest BCUT2D eigenvalue weighted by Crippen LogP contribution is 2.27. The van der Waals surface area contributed by atoms with Crippen LogP contribution in [0.1, 0.15) is 59.2 Å². The van der Waals surface area contributed by atoms with Crippen LogP contribution in [-0.4, -0.2) is 26.5 Å². The van der Waals surface area contributed by atoms with E-state index < -0.39 is 0 Å². The molecule has 2 aromatic heterocycles. The summed E-state index contributed by atoms with van der Waals surface area (Å²) in [6.07, 6.45) is 7.70. The topological polar surface area (TPSA) is 59.8 Å². The molecule has 0 spiro atoms. The summed E-state index contributed by atoms with van der Waals surface area (Å²) in [5.41, 5.74) is 6.17. The number of carbonyl (C=O) groups excluding carboxylic acids is 1. The van der Waals surface area contributed by atoms with Gasteiger partial charge in [-0.05, 0) is 55.2 Å². The zero-order valence-corrected chi connectivity index (χ0v) is 20.4. The van der Waals surface area contributed by atoms with Crippen molar-refractivity contribution in [1.29, 1.82) is 0 Å². The molecule has 4 aromatic rings. The van der Waals surface area contributed by atoms with Crippen LogP contribution in [0.15, 0.2) is 72.0 Å². The lowest BCUT2D eigenvalue weighted by atomic mass is 9.95. The van der Waals surface area contributed by atoms with Gasteiger partial charge in [0, 0.05) is 23.6 Å². The van der Waals surface area contributed by atoms with Gasteiger partial charge in [0.05, 0.1) is 6.54 Å². The molecule has 5 nitrogen and oxygen atoms in total. The highest BCUT2D eigenvalue weighted by molar-refractivity contribution is 7.98. The van der Waals surface area contributed by atoms with Crippen molar-refractivity contribution in [2.45, 2.75) is 62.5 Å². The number of fused-ring (bicyclic) bond motifs is 1. The van der Waals surface area contributed by atoms with E-state index in [1.165, 1.54) is 30.4 Å². The van der Waals surface area contributed by atoms with E-state index in [1.54, 1.807) is 11.8 Å². The Labute approximate surface area is 205 Å². The number of nitrogens with one attached hydrogen (secondary N) is 1. The first kappa shape index (κ1) is 22.7. The monoisotopic (exact) mass is 470 g/mol. The molecule has 34 heavy (non-hydrogen) atoms. The zero-order valence-electron chi connectivity index (χ0n) is 19.5. The predicted molar refractivity (Wildman–Crippen MR) is 138 cm³/mol. The average molecular weight is 471 g/mol. The van der Waals surface area contributed by atoms with Crippen molar-refractivity contribution in [2.24, 2.45) is 0 Å². The summed E-state index contributed by atoms with van der Waals surface area (Å²) >= 11 is 1.73. The van der Waals surface area contributed by atoms with E-state index >= 15 is 0 Å². The number of imidazole rings is 1. The van der Waals surface area contributed by atoms with Crippen LogP contribution in [-0.2, 0) is 12.3 Å². The van der Waals surface area contributed by atoms with Gasteiger partial charge in [-0.1, -0.05) is 73.0 Å². The number of amides is 1. The normalized spacial score (nSPS) is 14.4. The smallest absolute Gasteiger partial charge is 0.251 e. The van der Waals surface area contributed by atoms with Crippen molar-refractivity contribution < 1.29 is 4.79 Å². The summed E-state index contributed by atoms with van der Waals surface area (Å²) < 4.78 is 2.17. The summed E-state index contributed by atoms with van der Waals surface area (Å²) in [6, 6.07) is 20.8. The van der Waals surface area contributed by atoms with Gasteiger partial charge < -0.3 is 5.32 Å². The number of nitrogens with zero attached hydrogens (tertiary/aromatic N) is 3. The number of pyridine rings is 1. The Hall–Kier alpha value is -3.12. The van der Waals surface area contributed by atoms with Crippen LogP contribution in [0.2, 0.25) is 0 Å².